The summed E-state index contributed by atoms with van der Waals surface area (Å²) in [5, 5.41) is 4.28. The van der Waals surface area contributed by atoms with Crippen molar-refractivity contribution in [2.45, 2.75) is 32.4 Å². The lowest BCUT2D eigenvalue weighted by molar-refractivity contribution is -0.141. The number of aryl methyl sites for hydroxylation is 2. The van der Waals surface area contributed by atoms with Gasteiger partial charge in [0.1, 0.15) is 0 Å². The molecule has 0 spiro atoms. The van der Waals surface area contributed by atoms with Gasteiger partial charge in [-0.25, -0.2) is 0 Å². The van der Waals surface area contributed by atoms with Gasteiger partial charge in [0.05, 0.1) is 17.3 Å². The molecule has 3 heterocycles. The van der Waals surface area contributed by atoms with Crippen molar-refractivity contribution in [3.05, 3.63) is 53.3 Å². The number of likely N-dealkylation sites (tertiary alicyclic amines) is 1. The molecule has 2 aliphatic rings. The lowest BCUT2D eigenvalue weighted by Gasteiger charge is -2.42. The van der Waals surface area contributed by atoms with Crippen LogP contribution in [0.1, 0.15) is 34.5 Å². The Morgan fingerprint density at radius 1 is 1.10 bits per heavy atom. The Balaban J connectivity index is 1.36. The van der Waals surface area contributed by atoms with Gasteiger partial charge >= 0.3 is 0 Å². The van der Waals surface area contributed by atoms with E-state index in [0.29, 0.717) is 25.2 Å². The van der Waals surface area contributed by atoms with E-state index in [1.807, 2.05) is 42.0 Å². The van der Waals surface area contributed by atoms with Crippen LogP contribution in [0.25, 0.3) is 0 Å². The summed E-state index contributed by atoms with van der Waals surface area (Å²) in [6, 6.07) is 10.1. The Hall–Kier alpha value is -2.67. The van der Waals surface area contributed by atoms with Crippen LogP contribution >= 0.6 is 0 Å². The zero-order chi connectivity index (χ0) is 20.4. The van der Waals surface area contributed by atoms with Crippen molar-refractivity contribution in [2.75, 3.05) is 32.7 Å². The molecule has 2 fully saturated rings. The molecule has 1 aromatic carbocycles. The first kappa shape index (κ1) is 19.6. The molecule has 0 aliphatic carbocycles. The number of amides is 2. The Bertz CT molecular complexity index is 871. The van der Waals surface area contributed by atoms with Gasteiger partial charge in [0, 0.05) is 52.5 Å². The summed E-state index contributed by atoms with van der Waals surface area (Å²) in [7, 11) is 1.83. The number of benzene rings is 1. The predicted molar refractivity (Wildman–Crippen MR) is 110 cm³/mol. The Labute approximate surface area is 171 Å². The first-order valence-electron chi connectivity index (χ1n) is 10.4. The topological polar surface area (TPSA) is 61.7 Å². The number of aromatic nitrogens is 2. The van der Waals surface area contributed by atoms with Crippen molar-refractivity contribution in [1.82, 2.24) is 24.5 Å². The zero-order valence-corrected chi connectivity index (χ0v) is 17.3. The maximum atomic E-state index is 13.1. The van der Waals surface area contributed by atoms with Crippen molar-refractivity contribution in [3.63, 3.8) is 0 Å². The van der Waals surface area contributed by atoms with Gasteiger partial charge in [-0.2, -0.15) is 5.10 Å². The average molecular weight is 396 g/mol. The second-order valence-corrected chi connectivity index (χ2v) is 8.03. The molecule has 0 N–H and O–H groups in total. The van der Waals surface area contributed by atoms with Crippen LogP contribution in [0.4, 0.5) is 0 Å². The summed E-state index contributed by atoms with van der Waals surface area (Å²) in [6.07, 6.45) is 3.72. The van der Waals surface area contributed by atoms with E-state index in [4.69, 9.17) is 0 Å². The summed E-state index contributed by atoms with van der Waals surface area (Å²) in [4.78, 5) is 32.1. The molecular weight excluding hydrogens is 366 g/mol. The fourth-order valence-corrected chi connectivity index (χ4v) is 4.44. The third-order valence-electron chi connectivity index (χ3n) is 6.00. The van der Waals surface area contributed by atoms with E-state index >= 15 is 0 Å². The van der Waals surface area contributed by atoms with Gasteiger partial charge in [0.2, 0.25) is 5.91 Å². The van der Waals surface area contributed by atoms with Crippen LogP contribution < -0.4 is 0 Å². The smallest absolute Gasteiger partial charge is 0.257 e. The fourth-order valence-electron chi connectivity index (χ4n) is 4.44. The molecule has 1 unspecified atom stereocenters. The minimum atomic E-state index is -0.0650. The number of carbonyl (C=O) groups excluding carboxylic acids is 2. The van der Waals surface area contributed by atoms with Crippen molar-refractivity contribution in [3.8, 4) is 0 Å². The van der Waals surface area contributed by atoms with Gasteiger partial charge in [0.15, 0.2) is 0 Å². The molecule has 1 aromatic heterocycles. The number of hydrogen-bond acceptors (Lipinski definition) is 4. The highest BCUT2D eigenvalue weighted by molar-refractivity contribution is 5.95. The zero-order valence-electron chi connectivity index (χ0n) is 17.3. The maximum Gasteiger partial charge on any atom is 0.257 e. The molecule has 2 aliphatic heterocycles. The van der Waals surface area contributed by atoms with Crippen LogP contribution in [-0.4, -0.2) is 75.1 Å². The second-order valence-electron chi connectivity index (χ2n) is 8.03. The van der Waals surface area contributed by atoms with Crippen molar-refractivity contribution < 1.29 is 9.59 Å². The molecular formula is C22H29N5O2. The molecule has 0 bridgehead atoms. The van der Waals surface area contributed by atoms with Gasteiger partial charge in [-0.3, -0.25) is 19.2 Å². The molecule has 0 radical (unpaired) electrons. The van der Waals surface area contributed by atoms with E-state index in [2.05, 4.69) is 22.1 Å². The molecule has 4 rings (SSSR count). The number of nitrogens with zero attached hydrogens (tertiary/aromatic N) is 5. The van der Waals surface area contributed by atoms with Crippen LogP contribution in [0, 0.1) is 6.92 Å². The number of rotatable bonds is 4. The number of piperidine rings is 1. The average Bonchev–Trinajstić information content (AvgIpc) is 3.08. The number of hydrogen-bond donors (Lipinski definition) is 0. The summed E-state index contributed by atoms with van der Waals surface area (Å²) in [5.41, 5.74) is 2.60. The lowest BCUT2D eigenvalue weighted by atomic mass is 10.0. The molecule has 0 saturated carbocycles. The highest BCUT2D eigenvalue weighted by Gasteiger charge is 2.35. The highest BCUT2D eigenvalue weighted by atomic mass is 16.2. The van der Waals surface area contributed by atoms with Crippen LogP contribution in [-0.2, 0) is 18.4 Å². The van der Waals surface area contributed by atoms with Gasteiger partial charge in [-0.05, 0) is 25.3 Å². The number of piperazine rings is 1. The van der Waals surface area contributed by atoms with E-state index in [-0.39, 0.29) is 17.9 Å². The van der Waals surface area contributed by atoms with Gasteiger partial charge < -0.3 is 9.80 Å². The van der Waals surface area contributed by atoms with Crippen LogP contribution in [0.3, 0.4) is 0 Å². The molecule has 7 heteroatoms. The largest absolute Gasteiger partial charge is 0.337 e. The van der Waals surface area contributed by atoms with Gasteiger partial charge in [-0.1, -0.05) is 30.3 Å². The summed E-state index contributed by atoms with van der Waals surface area (Å²) in [6.45, 7) is 6.13. The normalized spacial score (nSPS) is 20.9. The molecule has 1 atom stereocenters. The van der Waals surface area contributed by atoms with Crippen molar-refractivity contribution in [2.24, 2.45) is 7.05 Å². The Kier molecular flexibility index (Phi) is 5.67. The summed E-state index contributed by atoms with van der Waals surface area (Å²) >= 11 is 0. The highest BCUT2D eigenvalue weighted by Crippen LogP contribution is 2.21. The van der Waals surface area contributed by atoms with Gasteiger partial charge in [-0.15, -0.1) is 0 Å². The molecule has 7 nitrogen and oxygen atoms in total. The monoisotopic (exact) mass is 395 g/mol. The molecule has 29 heavy (non-hydrogen) atoms. The maximum absolute atomic E-state index is 13.1. The standard InChI is InChI=1S/C22H29N5O2/c1-17-19(16-24(2)23-17)21(28)26-13-11-25(12-14-26)20-9-6-10-27(22(20)29)15-18-7-4-3-5-8-18/h3-5,7-8,16,20H,6,9-15H2,1-2H3. The quantitative estimate of drug-likeness (QED) is 0.790. The third-order valence-corrected chi connectivity index (χ3v) is 6.00. The number of carbonyl (C=O) groups is 2. The van der Waals surface area contributed by atoms with E-state index in [1.54, 1.807) is 10.9 Å². The Morgan fingerprint density at radius 2 is 1.83 bits per heavy atom. The summed E-state index contributed by atoms with van der Waals surface area (Å²) < 4.78 is 1.68. The van der Waals surface area contributed by atoms with Crippen molar-refractivity contribution in [1.29, 1.82) is 0 Å². The van der Waals surface area contributed by atoms with Crippen LogP contribution in [0.15, 0.2) is 36.5 Å². The first-order chi connectivity index (χ1) is 14.0. The van der Waals surface area contributed by atoms with Crippen LogP contribution in [0.5, 0.6) is 0 Å². The Morgan fingerprint density at radius 3 is 2.48 bits per heavy atom. The second kappa shape index (κ2) is 8.37. The van der Waals surface area contributed by atoms with Gasteiger partial charge in [0.25, 0.3) is 5.91 Å². The fraction of sp³-hybridized carbons (Fsp3) is 0.500. The van der Waals surface area contributed by atoms with Crippen molar-refractivity contribution >= 4 is 11.8 Å². The predicted octanol–water partition coefficient (Wildman–Crippen LogP) is 1.68. The molecule has 2 saturated heterocycles. The third kappa shape index (κ3) is 4.19. The van der Waals surface area contributed by atoms with E-state index < -0.39 is 0 Å². The molecule has 2 aromatic rings. The SMILES string of the molecule is Cc1nn(C)cc1C(=O)N1CCN(C2CCCN(Cc3ccccc3)C2=O)CC1. The lowest BCUT2D eigenvalue weighted by Crippen LogP contribution is -2.58. The van der Waals surface area contributed by atoms with E-state index in [9.17, 15) is 9.59 Å². The minimum absolute atomic E-state index is 0.0379. The minimum Gasteiger partial charge on any atom is -0.337 e. The molecule has 154 valence electrons. The van der Waals surface area contributed by atoms with Crippen LogP contribution in [0.2, 0.25) is 0 Å². The summed E-state index contributed by atoms with van der Waals surface area (Å²) in [5.74, 6) is 0.263. The first-order valence-corrected chi connectivity index (χ1v) is 10.4. The van der Waals surface area contributed by atoms with E-state index in [0.717, 1.165) is 38.2 Å². The van der Waals surface area contributed by atoms with E-state index in [1.165, 1.54) is 5.56 Å². The molecule has 2 amide bonds.